The molecular weight excluding hydrogens is 140 g/mol. The SMILES string of the molecule is CCOC=Nc1ccncc1. The first-order valence-corrected chi connectivity index (χ1v) is 3.47. The van der Waals surface area contributed by atoms with Gasteiger partial charge in [-0.25, -0.2) is 4.99 Å². The molecule has 11 heavy (non-hydrogen) atoms. The summed E-state index contributed by atoms with van der Waals surface area (Å²) in [5.41, 5.74) is 0.855. The lowest BCUT2D eigenvalue weighted by molar-refractivity contribution is 0.344. The quantitative estimate of drug-likeness (QED) is 0.486. The van der Waals surface area contributed by atoms with Crippen molar-refractivity contribution < 1.29 is 4.74 Å². The van der Waals surface area contributed by atoms with Crippen LogP contribution >= 0.6 is 0 Å². The van der Waals surface area contributed by atoms with E-state index in [4.69, 9.17) is 4.74 Å². The van der Waals surface area contributed by atoms with Gasteiger partial charge in [0.2, 0.25) is 0 Å². The minimum atomic E-state index is 0.647. The number of hydrogen-bond acceptors (Lipinski definition) is 3. The number of rotatable bonds is 3. The predicted molar refractivity (Wildman–Crippen MR) is 44.0 cm³/mol. The van der Waals surface area contributed by atoms with Gasteiger partial charge in [-0.15, -0.1) is 0 Å². The molecule has 0 aliphatic heterocycles. The van der Waals surface area contributed by atoms with Crippen LogP contribution in [0.2, 0.25) is 0 Å². The van der Waals surface area contributed by atoms with Gasteiger partial charge < -0.3 is 4.74 Å². The normalized spacial score (nSPS) is 10.3. The molecule has 1 aromatic heterocycles. The van der Waals surface area contributed by atoms with Crippen molar-refractivity contribution in [1.29, 1.82) is 0 Å². The topological polar surface area (TPSA) is 34.5 Å². The number of hydrogen-bond donors (Lipinski definition) is 0. The molecule has 0 saturated carbocycles. The summed E-state index contributed by atoms with van der Waals surface area (Å²) in [6, 6.07) is 3.63. The Labute approximate surface area is 65.8 Å². The Balaban J connectivity index is 2.50. The highest BCUT2D eigenvalue weighted by atomic mass is 16.5. The molecule has 0 radical (unpaired) electrons. The van der Waals surface area contributed by atoms with Gasteiger partial charge in [-0.05, 0) is 19.1 Å². The Kier molecular flexibility index (Phi) is 3.12. The minimum Gasteiger partial charge on any atom is -0.483 e. The molecule has 0 amide bonds. The molecule has 3 heteroatoms. The Morgan fingerprint density at radius 1 is 1.55 bits per heavy atom. The standard InChI is InChI=1S/C8H10N2O/c1-2-11-7-10-8-3-5-9-6-4-8/h3-7H,2H2,1H3. The lowest BCUT2D eigenvalue weighted by Crippen LogP contribution is -1.83. The number of nitrogens with zero attached hydrogens (tertiary/aromatic N) is 2. The van der Waals surface area contributed by atoms with E-state index in [2.05, 4.69) is 9.98 Å². The zero-order valence-corrected chi connectivity index (χ0v) is 6.40. The summed E-state index contributed by atoms with van der Waals surface area (Å²) in [5, 5.41) is 0. The first-order valence-electron chi connectivity index (χ1n) is 3.47. The zero-order valence-electron chi connectivity index (χ0n) is 6.40. The molecule has 0 aliphatic rings. The second-order valence-electron chi connectivity index (χ2n) is 1.90. The maximum atomic E-state index is 4.93. The molecule has 0 atom stereocenters. The summed E-state index contributed by atoms with van der Waals surface area (Å²) >= 11 is 0. The van der Waals surface area contributed by atoms with Gasteiger partial charge >= 0.3 is 0 Å². The average Bonchev–Trinajstić information content (AvgIpc) is 2.07. The van der Waals surface area contributed by atoms with Crippen LogP contribution in [-0.2, 0) is 4.74 Å². The van der Waals surface area contributed by atoms with Crippen molar-refractivity contribution in [2.24, 2.45) is 4.99 Å². The summed E-state index contributed by atoms with van der Waals surface area (Å²) in [6.07, 6.45) is 4.83. The third kappa shape index (κ3) is 2.80. The van der Waals surface area contributed by atoms with Crippen molar-refractivity contribution in [3.05, 3.63) is 24.5 Å². The Hall–Kier alpha value is -1.38. The van der Waals surface area contributed by atoms with Crippen LogP contribution in [0, 0.1) is 0 Å². The number of aliphatic imine (C=N–C) groups is 1. The summed E-state index contributed by atoms with van der Waals surface area (Å²) in [4.78, 5) is 7.87. The van der Waals surface area contributed by atoms with E-state index < -0.39 is 0 Å². The maximum absolute atomic E-state index is 4.93. The largest absolute Gasteiger partial charge is 0.483 e. The number of ether oxygens (including phenoxy) is 1. The third-order valence-corrected chi connectivity index (χ3v) is 1.11. The van der Waals surface area contributed by atoms with Gasteiger partial charge in [-0.3, -0.25) is 4.98 Å². The summed E-state index contributed by atoms with van der Waals surface area (Å²) in [7, 11) is 0. The summed E-state index contributed by atoms with van der Waals surface area (Å²) in [6.45, 7) is 2.56. The lowest BCUT2D eigenvalue weighted by atomic mass is 10.4. The van der Waals surface area contributed by atoms with Crippen LogP contribution in [0.3, 0.4) is 0 Å². The van der Waals surface area contributed by atoms with Crippen LogP contribution in [0.1, 0.15) is 6.92 Å². The molecule has 0 saturated heterocycles. The molecule has 0 N–H and O–H groups in total. The molecule has 0 aromatic carbocycles. The number of pyridine rings is 1. The average molecular weight is 150 g/mol. The molecule has 0 unspecified atom stereocenters. The fourth-order valence-electron chi connectivity index (χ4n) is 0.603. The van der Waals surface area contributed by atoms with Crippen LogP contribution in [0.25, 0.3) is 0 Å². The van der Waals surface area contributed by atoms with Crippen molar-refractivity contribution in [3.63, 3.8) is 0 Å². The Bertz CT molecular complexity index is 221. The van der Waals surface area contributed by atoms with Crippen LogP contribution in [0.5, 0.6) is 0 Å². The molecule has 0 spiro atoms. The van der Waals surface area contributed by atoms with Crippen molar-refractivity contribution in [2.75, 3.05) is 6.61 Å². The molecular formula is C8H10N2O. The fourth-order valence-corrected chi connectivity index (χ4v) is 0.603. The summed E-state index contributed by atoms with van der Waals surface area (Å²) in [5.74, 6) is 0. The lowest BCUT2D eigenvalue weighted by Gasteiger charge is -1.91. The van der Waals surface area contributed by atoms with Gasteiger partial charge in [0.15, 0.2) is 6.40 Å². The second kappa shape index (κ2) is 4.44. The van der Waals surface area contributed by atoms with Crippen LogP contribution in [-0.4, -0.2) is 18.0 Å². The summed E-state index contributed by atoms with van der Waals surface area (Å²) < 4.78 is 4.93. The van der Waals surface area contributed by atoms with Gasteiger partial charge in [-0.2, -0.15) is 0 Å². The highest BCUT2D eigenvalue weighted by Gasteiger charge is 1.82. The van der Waals surface area contributed by atoms with Crippen LogP contribution < -0.4 is 0 Å². The van der Waals surface area contributed by atoms with Crippen molar-refractivity contribution >= 4 is 12.1 Å². The zero-order chi connectivity index (χ0) is 7.94. The molecule has 0 bridgehead atoms. The van der Waals surface area contributed by atoms with Gasteiger partial charge in [0.1, 0.15) is 0 Å². The Morgan fingerprint density at radius 2 is 2.27 bits per heavy atom. The Morgan fingerprint density at radius 3 is 2.91 bits per heavy atom. The van der Waals surface area contributed by atoms with Crippen LogP contribution in [0.15, 0.2) is 29.5 Å². The molecule has 0 fully saturated rings. The van der Waals surface area contributed by atoms with E-state index in [1.165, 1.54) is 6.40 Å². The predicted octanol–water partition coefficient (Wildman–Crippen LogP) is 1.78. The highest BCUT2D eigenvalue weighted by molar-refractivity contribution is 5.54. The second-order valence-corrected chi connectivity index (χ2v) is 1.90. The van der Waals surface area contributed by atoms with E-state index in [1.54, 1.807) is 12.4 Å². The molecule has 1 rings (SSSR count). The van der Waals surface area contributed by atoms with E-state index in [1.807, 2.05) is 19.1 Å². The first-order chi connectivity index (χ1) is 5.43. The van der Waals surface area contributed by atoms with Crippen molar-refractivity contribution in [2.45, 2.75) is 6.92 Å². The van der Waals surface area contributed by atoms with E-state index in [0.717, 1.165) is 5.69 Å². The molecule has 3 nitrogen and oxygen atoms in total. The molecule has 58 valence electrons. The molecule has 1 heterocycles. The maximum Gasteiger partial charge on any atom is 0.174 e. The van der Waals surface area contributed by atoms with E-state index in [9.17, 15) is 0 Å². The van der Waals surface area contributed by atoms with Crippen LogP contribution in [0.4, 0.5) is 5.69 Å². The van der Waals surface area contributed by atoms with E-state index in [0.29, 0.717) is 6.61 Å². The van der Waals surface area contributed by atoms with E-state index >= 15 is 0 Å². The van der Waals surface area contributed by atoms with E-state index in [-0.39, 0.29) is 0 Å². The number of aromatic nitrogens is 1. The van der Waals surface area contributed by atoms with Gasteiger partial charge in [-0.1, -0.05) is 0 Å². The minimum absolute atomic E-state index is 0.647. The smallest absolute Gasteiger partial charge is 0.174 e. The third-order valence-electron chi connectivity index (χ3n) is 1.11. The van der Waals surface area contributed by atoms with Crippen molar-refractivity contribution in [1.82, 2.24) is 4.98 Å². The van der Waals surface area contributed by atoms with Gasteiger partial charge in [0.05, 0.1) is 12.3 Å². The first kappa shape index (κ1) is 7.72. The fraction of sp³-hybridized carbons (Fsp3) is 0.250. The monoisotopic (exact) mass is 150 g/mol. The molecule has 1 aromatic rings. The van der Waals surface area contributed by atoms with Gasteiger partial charge in [0.25, 0.3) is 0 Å². The van der Waals surface area contributed by atoms with Crippen molar-refractivity contribution in [3.8, 4) is 0 Å². The molecule has 0 aliphatic carbocycles. The highest BCUT2D eigenvalue weighted by Crippen LogP contribution is 2.06. The van der Waals surface area contributed by atoms with Gasteiger partial charge in [0, 0.05) is 12.4 Å².